The number of hydrogen-bond acceptors (Lipinski definition) is 0. The molecule has 1 atom stereocenters. The molecule has 0 saturated carbocycles. The summed E-state index contributed by atoms with van der Waals surface area (Å²) < 4.78 is 37.5. The summed E-state index contributed by atoms with van der Waals surface area (Å²) >= 11 is 0. The van der Waals surface area contributed by atoms with Gasteiger partial charge in [0.2, 0.25) is 0 Å². The lowest BCUT2D eigenvalue weighted by atomic mass is 9.99. The van der Waals surface area contributed by atoms with Crippen LogP contribution in [0.15, 0.2) is 36.0 Å². The van der Waals surface area contributed by atoms with Crippen LogP contribution in [-0.4, -0.2) is 6.18 Å². The highest BCUT2D eigenvalue weighted by atomic mass is 19.4. The molecule has 0 heterocycles. The first kappa shape index (κ1) is 12.1. The maximum atomic E-state index is 12.5. The highest BCUT2D eigenvalue weighted by molar-refractivity contribution is 5.29. The van der Waals surface area contributed by atoms with E-state index in [9.17, 15) is 13.2 Å². The van der Waals surface area contributed by atoms with E-state index < -0.39 is 12.1 Å². The molecule has 1 rings (SSSR count). The van der Waals surface area contributed by atoms with Crippen molar-refractivity contribution in [3.8, 4) is 0 Å². The van der Waals surface area contributed by atoms with Crippen molar-refractivity contribution in [2.24, 2.45) is 11.8 Å². The van der Waals surface area contributed by atoms with E-state index in [-0.39, 0.29) is 0 Å². The summed E-state index contributed by atoms with van der Waals surface area (Å²) in [5, 5.41) is 0. The van der Waals surface area contributed by atoms with Gasteiger partial charge in [-0.25, -0.2) is 0 Å². The minimum Gasteiger partial charge on any atom is -0.170 e. The third-order valence-corrected chi connectivity index (χ3v) is 2.16. The summed E-state index contributed by atoms with van der Waals surface area (Å²) in [7, 11) is 0. The summed E-state index contributed by atoms with van der Waals surface area (Å²) in [5.41, 5.74) is 0.761. The van der Waals surface area contributed by atoms with Gasteiger partial charge in [-0.1, -0.05) is 49.8 Å². The maximum absolute atomic E-state index is 12.5. The van der Waals surface area contributed by atoms with Crippen LogP contribution in [0.3, 0.4) is 0 Å². The fraction of sp³-hybridized carbons (Fsp3) is 0.500. The molecule has 1 unspecified atom stereocenters. The summed E-state index contributed by atoms with van der Waals surface area (Å²) in [6, 6.07) is 0. The molecule has 0 fully saturated rings. The van der Waals surface area contributed by atoms with E-state index in [1.807, 2.05) is 13.8 Å². The predicted octanol–water partition coefficient (Wildman–Crippen LogP) is 4.26. The predicted molar refractivity (Wildman–Crippen MR) is 55.4 cm³/mol. The molecule has 15 heavy (non-hydrogen) atoms. The Hall–Kier alpha value is -0.990. The molecule has 84 valence electrons. The average Bonchev–Trinajstić information content (AvgIpc) is 2.27. The van der Waals surface area contributed by atoms with Crippen LogP contribution in [0.2, 0.25) is 0 Å². The van der Waals surface area contributed by atoms with Gasteiger partial charge < -0.3 is 0 Å². The van der Waals surface area contributed by atoms with Crippen LogP contribution < -0.4 is 0 Å². The Morgan fingerprint density at radius 3 is 2.47 bits per heavy atom. The van der Waals surface area contributed by atoms with Crippen molar-refractivity contribution < 1.29 is 13.2 Å². The fourth-order valence-electron chi connectivity index (χ4n) is 1.52. The Labute approximate surface area is 88.2 Å². The minimum absolute atomic E-state index is 0.368. The molecule has 0 spiro atoms. The van der Waals surface area contributed by atoms with Gasteiger partial charge in [0.25, 0.3) is 0 Å². The summed E-state index contributed by atoms with van der Waals surface area (Å²) in [4.78, 5) is 0. The van der Waals surface area contributed by atoms with Crippen molar-refractivity contribution in [3.63, 3.8) is 0 Å². The number of rotatable bonds is 2. The number of allylic oxidation sites excluding steroid dienone is 6. The fourth-order valence-corrected chi connectivity index (χ4v) is 1.52. The quantitative estimate of drug-likeness (QED) is 0.646. The van der Waals surface area contributed by atoms with Gasteiger partial charge in [0.1, 0.15) is 0 Å². The van der Waals surface area contributed by atoms with Crippen LogP contribution in [-0.2, 0) is 0 Å². The van der Waals surface area contributed by atoms with Gasteiger partial charge in [-0.3, -0.25) is 0 Å². The minimum atomic E-state index is -4.18. The topological polar surface area (TPSA) is 0 Å². The summed E-state index contributed by atoms with van der Waals surface area (Å²) in [6.07, 6.45) is 3.88. The van der Waals surface area contributed by atoms with Gasteiger partial charge in [-0.05, 0) is 12.3 Å². The Bertz CT molecular complexity index is 292. The van der Waals surface area contributed by atoms with E-state index in [0.29, 0.717) is 12.3 Å². The smallest absolute Gasteiger partial charge is 0.170 e. The molecule has 0 aromatic heterocycles. The third kappa shape index (κ3) is 3.94. The summed E-state index contributed by atoms with van der Waals surface area (Å²) in [6.45, 7) is 3.99. The van der Waals surface area contributed by atoms with Crippen molar-refractivity contribution in [1.29, 1.82) is 0 Å². The molecule has 1 aliphatic rings. The number of alkyl halides is 3. The van der Waals surface area contributed by atoms with E-state index in [1.165, 1.54) is 18.2 Å². The molecule has 0 radical (unpaired) electrons. The highest BCUT2D eigenvalue weighted by Crippen LogP contribution is 2.31. The SMILES string of the molecule is CC(C)CC1=CC(C(F)(F)F)C=CC=C1. The van der Waals surface area contributed by atoms with Crippen LogP contribution in [0.5, 0.6) is 0 Å². The lowest BCUT2D eigenvalue weighted by Crippen LogP contribution is -2.19. The molecule has 1 aliphatic carbocycles. The number of halogens is 3. The first-order valence-corrected chi connectivity index (χ1v) is 5.02. The molecular formula is C12H15F3. The monoisotopic (exact) mass is 216 g/mol. The lowest BCUT2D eigenvalue weighted by molar-refractivity contribution is -0.148. The van der Waals surface area contributed by atoms with Crippen LogP contribution in [0.25, 0.3) is 0 Å². The molecule has 0 aliphatic heterocycles. The van der Waals surface area contributed by atoms with Crippen LogP contribution in [0.4, 0.5) is 13.2 Å². The van der Waals surface area contributed by atoms with E-state index in [0.717, 1.165) is 5.57 Å². The van der Waals surface area contributed by atoms with Crippen molar-refractivity contribution in [2.75, 3.05) is 0 Å². The molecule has 0 nitrogen and oxygen atoms in total. The molecule has 0 aromatic carbocycles. The van der Waals surface area contributed by atoms with Crippen molar-refractivity contribution in [3.05, 3.63) is 36.0 Å². The van der Waals surface area contributed by atoms with Crippen LogP contribution >= 0.6 is 0 Å². The maximum Gasteiger partial charge on any atom is 0.398 e. The van der Waals surface area contributed by atoms with Crippen molar-refractivity contribution in [1.82, 2.24) is 0 Å². The Balaban J connectivity index is 2.84. The standard InChI is InChI=1S/C12H15F3/c1-9(2)7-10-5-3-4-6-11(8-10)12(13,14)15/h3-6,8-9,11H,7H2,1-2H3. The van der Waals surface area contributed by atoms with E-state index in [4.69, 9.17) is 0 Å². The zero-order chi connectivity index (χ0) is 11.5. The molecule has 0 amide bonds. The highest BCUT2D eigenvalue weighted by Gasteiger charge is 2.36. The number of hydrogen-bond donors (Lipinski definition) is 0. The first-order valence-electron chi connectivity index (χ1n) is 5.02. The second-order valence-electron chi connectivity index (χ2n) is 4.15. The molecule has 0 saturated heterocycles. The van der Waals surface area contributed by atoms with Gasteiger partial charge in [0, 0.05) is 0 Å². The second-order valence-corrected chi connectivity index (χ2v) is 4.15. The average molecular weight is 216 g/mol. The van der Waals surface area contributed by atoms with Gasteiger partial charge in [0.15, 0.2) is 0 Å². The van der Waals surface area contributed by atoms with E-state index in [1.54, 1.807) is 12.2 Å². The molecule has 0 aromatic rings. The van der Waals surface area contributed by atoms with Gasteiger partial charge in [-0.15, -0.1) is 0 Å². The van der Waals surface area contributed by atoms with Crippen LogP contribution in [0.1, 0.15) is 20.3 Å². The largest absolute Gasteiger partial charge is 0.398 e. The molecule has 0 N–H and O–H groups in total. The zero-order valence-corrected chi connectivity index (χ0v) is 8.88. The third-order valence-electron chi connectivity index (χ3n) is 2.16. The second kappa shape index (κ2) is 4.69. The van der Waals surface area contributed by atoms with Gasteiger partial charge in [0.05, 0.1) is 5.92 Å². The Kier molecular flexibility index (Phi) is 3.77. The van der Waals surface area contributed by atoms with Crippen molar-refractivity contribution in [2.45, 2.75) is 26.4 Å². The Morgan fingerprint density at radius 1 is 1.27 bits per heavy atom. The van der Waals surface area contributed by atoms with E-state index in [2.05, 4.69) is 0 Å². The van der Waals surface area contributed by atoms with Crippen LogP contribution in [0, 0.1) is 11.8 Å². The normalized spacial score (nSPS) is 21.7. The van der Waals surface area contributed by atoms with E-state index >= 15 is 0 Å². The zero-order valence-electron chi connectivity index (χ0n) is 8.88. The van der Waals surface area contributed by atoms with Gasteiger partial charge in [-0.2, -0.15) is 13.2 Å². The molecule has 3 heteroatoms. The molecule has 0 bridgehead atoms. The Morgan fingerprint density at radius 2 is 1.93 bits per heavy atom. The molecular weight excluding hydrogens is 201 g/mol. The first-order chi connectivity index (χ1) is 6.89. The lowest BCUT2D eigenvalue weighted by Gasteiger charge is -2.14. The van der Waals surface area contributed by atoms with Crippen molar-refractivity contribution >= 4 is 0 Å². The summed E-state index contributed by atoms with van der Waals surface area (Å²) in [5.74, 6) is -1.07. The van der Waals surface area contributed by atoms with Gasteiger partial charge >= 0.3 is 6.18 Å².